The van der Waals surface area contributed by atoms with E-state index in [-0.39, 0.29) is 0 Å². The van der Waals surface area contributed by atoms with Crippen LogP contribution in [0.15, 0.2) is 35.1 Å². The fourth-order valence-corrected chi connectivity index (χ4v) is 2.16. The lowest BCUT2D eigenvalue weighted by atomic mass is 10.1. The minimum atomic E-state index is 0.937. The molecule has 2 heterocycles. The average molecular weight is 235 g/mol. The minimum Gasteiger partial charge on any atom is -0.314 e. The Labute approximate surface area is 84.4 Å². The third-order valence-corrected chi connectivity index (χ3v) is 3.03. The molecule has 2 nitrogen and oxygen atoms in total. The van der Waals surface area contributed by atoms with Gasteiger partial charge in [0.2, 0.25) is 0 Å². The lowest BCUT2D eigenvalue weighted by Crippen LogP contribution is -1.91. The Kier molecular flexibility index (Phi) is 1.38. The topological polar surface area (TPSA) is 17.8 Å². The second-order valence-electron chi connectivity index (χ2n) is 3.15. The Bertz CT molecular complexity index is 474. The van der Waals surface area contributed by atoms with E-state index in [4.69, 9.17) is 0 Å². The Morgan fingerprint density at radius 3 is 3.08 bits per heavy atom. The van der Waals surface area contributed by atoms with Gasteiger partial charge in [0, 0.05) is 5.56 Å². The van der Waals surface area contributed by atoms with Gasteiger partial charge in [0.25, 0.3) is 0 Å². The molecule has 0 fully saturated rings. The van der Waals surface area contributed by atoms with Gasteiger partial charge in [-0.3, -0.25) is 0 Å². The molecule has 0 spiro atoms. The summed E-state index contributed by atoms with van der Waals surface area (Å²) in [7, 11) is 0. The number of fused-ring (bicyclic) bond motifs is 3. The van der Waals surface area contributed by atoms with Crippen molar-refractivity contribution in [2.24, 2.45) is 0 Å². The van der Waals surface area contributed by atoms with Crippen LogP contribution < -0.4 is 0 Å². The summed E-state index contributed by atoms with van der Waals surface area (Å²) in [6, 6.07) is 8.39. The van der Waals surface area contributed by atoms with Gasteiger partial charge in [-0.1, -0.05) is 24.3 Å². The third kappa shape index (κ3) is 0.907. The second kappa shape index (κ2) is 2.45. The zero-order chi connectivity index (χ0) is 8.84. The van der Waals surface area contributed by atoms with Crippen LogP contribution in [0, 0.1) is 0 Å². The van der Waals surface area contributed by atoms with Crippen molar-refractivity contribution in [1.29, 1.82) is 0 Å². The molecule has 13 heavy (non-hydrogen) atoms. The van der Waals surface area contributed by atoms with Gasteiger partial charge in [-0.05, 0) is 21.5 Å². The lowest BCUT2D eigenvalue weighted by Gasteiger charge is -1.95. The summed E-state index contributed by atoms with van der Waals surface area (Å²) in [5.74, 6) is 1.07. The highest BCUT2D eigenvalue weighted by molar-refractivity contribution is 9.10. The van der Waals surface area contributed by atoms with Crippen LogP contribution in [-0.4, -0.2) is 9.55 Å². The van der Waals surface area contributed by atoms with E-state index in [9.17, 15) is 0 Å². The van der Waals surface area contributed by atoms with Gasteiger partial charge >= 0.3 is 0 Å². The first kappa shape index (κ1) is 7.33. The van der Waals surface area contributed by atoms with Crippen LogP contribution in [0.4, 0.5) is 0 Å². The zero-order valence-electron chi connectivity index (χ0n) is 6.87. The summed E-state index contributed by atoms with van der Waals surface area (Å²) >= 11 is 3.48. The van der Waals surface area contributed by atoms with E-state index in [1.165, 1.54) is 11.1 Å². The number of hydrogen-bond donors (Lipinski definition) is 0. The molecule has 0 saturated heterocycles. The smallest absolute Gasteiger partial charge is 0.141 e. The van der Waals surface area contributed by atoms with Gasteiger partial charge in [0.15, 0.2) is 0 Å². The molecule has 0 amide bonds. The summed E-state index contributed by atoms with van der Waals surface area (Å²) in [4.78, 5) is 4.35. The summed E-state index contributed by atoms with van der Waals surface area (Å²) in [5, 5.41) is 0. The maximum absolute atomic E-state index is 4.35. The van der Waals surface area contributed by atoms with Gasteiger partial charge < -0.3 is 4.57 Å². The van der Waals surface area contributed by atoms with E-state index >= 15 is 0 Å². The predicted molar refractivity (Wildman–Crippen MR) is 54.5 cm³/mol. The highest BCUT2D eigenvalue weighted by Gasteiger charge is 2.20. The molecule has 1 aromatic carbocycles. The van der Waals surface area contributed by atoms with Crippen LogP contribution in [0.25, 0.3) is 11.4 Å². The van der Waals surface area contributed by atoms with Crippen LogP contribution in [0.5, 0.6) is 0 Å². The lowest BCUT2D eigenvalue weighted by molar-refractivity contribution is 0.828. The predicted octanol–water partition coefficient (Wildman–Crippen LogP) is 2.67. The Morgan fingerprint density at radius 1 is 1.31 bits per heavy atom. The number of imidazole rings is 1. The van der Waals surface area contributed by atoms with Gasteiger partial charge in [0.1, 0.15) is 10.4 Å². The van der Waals surface area contributed by atoms with E-state index in [2.05, 4.69) is 49.7 Å². The number of aromatic nitrogens is 2. The van der Waals surface area contributed by atoms with Crippen LogP contribution in [0.1, 0.15) is 5.56 Å². The van der Waals surface area contributed by atoms with Crippen molar-refractivity contribution < 1.29 is 0 Å². The maximum atomic E-state index is 4.35. The molecule has 1 aromatic heterocycles. The van der Waals surface area contributed by atoms with E-state index in [0.29, 0.717) is 0 Å². The van der Waals surface area contributed by atoms with Gasteiger partial charge in [0.05, 0.1) is 12.7 Å². The van der Waals surface area contributed by atoms with Gasteiger partial charge in [-0.15, -0.1) is 0 Å². The van der Waals surface area contributed by atoms with Crippen LogP contribution >= 0.6 is 15.9 Å². The molecule has 0 bridgehead atoms. The van der Waals surface area contributed by atoms with Crippen molar-refractivity contribution in [3.8, 4) is 11.4 Å². The number of benzene rings is 1. The number of nitrogens with zero attached hydrogens (tertiary/aromatic N) is 2. The molecule has 1 aliphatic rings. The highest BCUT2D eigenvalue weighted by atomic mass is 79.9. The zero-order valence-corrected chi connectivity index (χ0v) is 8.45. The van der Waals surface area contributed by atoms with Gasteiger partial charge in [-0.2, -0.15) is 0 Å². The SMILES string of the molecule is Brc1cnc2n1Cc1ccccc1-2. The van der Waals surface area contributed by atoms with Crippen LogP contribution in [0.3, 0.4) is 0 Å². The summed E-state index contributed by atoms with van der Waals surface area (Å²) in [5.41, 5.74) is 2.61. The maximum Gasteiger partial charge on any atom is 0.141 e. The average Bonchev–Trinajstić information content (AvgIpc) is 2.67. The van der Waals surface area contributed by atoms with Crippen molar-refractivity contribution in [3.63, 3.8) is 0 Å². The normalized spacial score (nSPS) is 12.7. The van der Waals surface area contributed by atoms with Crippen molar-refractivity contribution in [2.75, 3.05) is 0 Å². The molecule has 64 valence electrons. The van der Waals surface area contributed by atoms with E-state index in [1.54, 1.807) is 0 Å². The van der Waals surface area contributed by atoms with Crippen molar-refractivity contribution >= 4 is 15.9 Å². The molecule has 3 rings (SSSR count). The number of hydrogen-bond acceptors (Lipinski definition) is 1. The summed E-state index contributed by atoms with van der Waals surface area (Å²) < 4.78 is 3.23. The quantitative estimate of drug-likeness (QED) is 0.585. The molecule has 3 heteroatoms. The molecular formula is C10H7BrN2. The van der Waals surface area contributed by atoms with Crippen molar-refractivity contribution in [3.05, 3.63) is 40.6 Å². The Balaban J connectivity index is 2.32. The Morgan fingerprint density at radius 2 is 2.15 bits per heavy atom. The number of rotatable bonds is 0. The third-order valence-electron chi connectivity index (χ3n) is 2.39. The van der Waals surface area contributed by atoms with E-state index < -0.39 is 0 Å². The largest absolute Gasteiger partial charge is 0.314 e. The first-order chi connectivity index (χ1) is 6.36. The van der Waals surface area contributed by atoms with Crippen molar-refractivity contribution in [1.82, 2.24) is 9.55 Å². The molecule has 0 N–H and O–H groups in total. The molecule has 0 saturated carbocycles. The second-order valence-corrected chi connectivity index (χ2v) is 3.96. The Hall–Kier alpha value is -1.09. The summed E-state index contributed by atoms with van der Waals surface area (Å²) in [6.07, 6.45) is 1.85. The standard InChI is InChI=1S/C10H7BrN2/c11-9-5-12-10-8-4-2-1-3-7(8)6-13(9)10/h1-5H,6H2. The van der Waals surface area contributed by atoms with Crippen LogP contribution in [0.2, 0.25) is 0 Å². The number of halogens is 1. The molecule has 0 atom stereocenters. The summed E-state index contributed by atoms with van der Waals surface area (Å²) in [6.45, 7) is 0.937. The van der Waals surface area contributed by atoms with E-state index in [0.717, 1.165) is 17.0 Å². The first-order valence-corrected chi connectivity index (χ1v) is 4.95. The molecule has 0 radical (unpaired) electrons. The highest BCUT2D eigenvalue weighted by Crippen LogP contribution is 2.32. The molecule has 2 aromatic rings. The molecule has 0 unspecified atom stereocenters. The first-order valence-electron chi connectivity index (χ1n) is 4.15. The van der Waals surface area contributed by atoms with Crippen LogP contribution in [-0.2, 0) is 6.54 Å². The van der Waals surface area contributed by atoms with Gasteiger partial charge in [-0.25, -0.2) is 4.98 Å². The molecule has 0 aliphatic carbocycles. The monoisotopic (exact) mass is 234 g/mol. The van der Waals surface area contributed by atoms with E-state index in [1.807, 2.05) is 6.20 Å². The molecular weight excluding hydrogens is 228 g/mol. The fraction of sp³-hybridized carbons (Fsp3) is 0.100. The fourth-order valence-electron chi connectivity index (χ4n) is 1.77. The molecule has 1 aliphatic heterocycles. The minimum absolute atomic E-state index is 0.937. The van der Waals surface area contributed by atoms with Crippen molar-refractivity contribution in [2.45, 2.75) is 6.54 Å².